The first-order valence-electron chi connectivity index (χ1n) is 5.25. The third kappa shape index (κ3) is 3.46. The van der Waals surface area contributed by atoms with Crippen molar-refractivity contribution in [1.29, 1.82) is 0 Å². The smallest absolute Gasteiger partial charge is 0.195 e. The summed E-state index contributed by atoms with van der Waals surface area (Å²) in [6.07, 6.45) is 11.5. The second kappa shape index (κ2) is 6.01. The molecule has 0 spiro atoms. The van der Waals surface area contributed by atoms with E-state index in [-0.39, 0.29) is 0 Å². The predicted octanol–water partition coefficient (Wildman–Crippen LogP) is 3.67. The van der Waals surface area contributed by atoms with Crippen molar-refractivity contribution in [2.24, 2.45) is 0 Å². The number of allylic oxidation sites excluding steroid dienone is 8. The molecule has 1 nitrogen and oxygen atoms in total. The Hall–Kier alpha value is -1.70. The van der Waals surface area contributed by atoms with Crippen LogP contribution >= 0.6 is 0 Å². The van der Waals surface area contributed by atoms with Crippen LogP contribution in [0.2, 0.25) is 0 Å². The van der Waals surface area contributed by atoms with Crippen LogP contribution in [-0.2, 0) is 4.74 Å². The van der Waals surface area contributed by atoms with E-state index in [0.717, 1.165) is 16.7 Å². The number of rotatable bonds is 0. The first-order chi connectivity index (χ1) is 7.67. The van der Waals surface area contributed by atoms with Crippen LogP contribution in [0, 0.1) is 0 Å². The fourth-order valence-electron chi connectivity index (χ4n) is 1.35. The minimum atomic E-state index is 0.623. The monoisotopic (exact) mass is 211 g/mol. The summed E-state index contributed by atoms with van der Waals surface area (Å²) in [4.78, 5) is 0. The zero-order valence-corrected chi connectivity index (χ0v) is 9.86. The average molecular weight is 211 g/mol. The highest BCUT2D eigenvalue weighted by atomic mass is 16.5. The molecule has 0 aromatic heterocycles. The summed E-state index contributed by atoms with van der Waals surface area (Å²) in [7, 11) is 1.98. The lowest BCUT2D eigenvalue weighted by molar-refractivity contribution is 0.335. The van der Waals surface area contributed by atoms with Crippen molar-refractivity contribution in [3.63, 3.8) is 0 Å². The second-order valence-corrected chi connectivity index (χ2v) is 3.40. The highest BCUT2D eigenvalue weighted by molar-refractivity contribution is 6.55. The maximum absolute atomic E-state index is 5.63. The van der Waals surface area contributed by atoms with Crippen molar-refractivity contribution in [2.45, 2.75) is 13.8 Å². The minimum absolute atomic E-state index is 0.623. The van der Waals surface area contributed by atoms with Gasteiger partial charge < -0.3 is 4.74 Å². The zero-order chi connectivity index (χ0) is 12.0. The van der Waals surface area contributed by atoms with E-state index in [2.05, 4.69) is 13.2 Å². The van der Waals surface area contributed by atoms with Gasteiger partial charge in [0.15, 0.2) is 7.28 Å². The summed E-state index contributed by atoms with van der Waals surface area (Å²) < 4.78 is 5.63. The highest BCUT2D eigenvalue weighted by Gasteiger charge is 2.09. The quantitative estimate of drug-likeness (QED) is 0.555. The molecule has 1 heterocycles. The molecule has 0 amide bonds. The Morgan fingerprint density at radius 2 is 1.81 bits per heavy atom. The summed E-state index contributed by atoms with van der Waals surface area (Å²) >= 11 is 0. The lowest BCUT2D eigenvalue weighted by atomic mass is 9.62. The lowest BCUT2D eigenvalue weighted by Crippen LogP contribution is -2.05. The predicted molar refractivity (Wildman–Crippen MR) is 70.9 cm³/mol. The van der Waals surface area contributed by atoms with E-state index in [1.54, 1.807) is 0 Å². The molecule has 0 aliphatic carbocycles. The van der Waals surface area contributed by atoms with Gasteiger partial charge in [0.1, 0.15) is 11.5 Å². The topological polar surface area (TPSA) is 9.23 Å². The summed E-state index contributed by atoms with van der Waals surface area (Å²) in [6.45, 7) is 11.7. The Balaban J connectivity index is 3.06. The van der Waals surface area contributed by atoms with Gasteiger partial charge in [0.05, 0.1) is 0 Å². The number of ether oxygens (including phenoxy) is 1. The highest BCUT2D eigenvalue weighted by Crippen LogP contribution is 2.18. The van der Waals surface area contributed by atoms with Crippen LogP contribution in [-0.4, -0.2) is 7.28 Å². The van der Waals surface area contributed by atoms with E-state index in [4.69, 9.17) is 4.74 Å². The molecular weight excluding hydrogens is 195 g/mol. The van der Waals surface area contributed by atoms with Gasteiger partial charge in [-0.05, 0) is 31.5 Å². The van der Waals surface area contributed by atoms with Gasteiger partial charge in [0, 0.05) is 0 Å². The fraction of sp³-hybridized carbons (Fsp3) is 0.143. The van der Waals surface area contributed by atoms with E-state index in [1.165, 1.54) is 0 Å². The molecule has 1 aliphatic heterocycles. The lowest BCUT2D eigenvalue weighted by Gasteiger charge is -2.13. The Kier molecular flexibility index (Phi) is 4.65. The minimum Gasteiger partial charge on any atom is -0.459 e. The summed E-state index contributed by atoms with van der Waals surface area (Å²) in [6, 6.07) is 0. The standard InChI is InChI=1S/C14H16BO/c1-5-13-14(6-2)16-12(4)10-8-7-9-11(3)15-13/h5-10H,3-4H2,1-2H3/b9-7?,10-8-,13-5+,14-6+. The van der Waals surface area contributed by atoms with Crippen LogP contribution in [0.1, 0.15) is 13.8 Å². The van der Waals surface area contributed by atoms with Gasteiger partial charge in [-0.15, -0.1) is 6.58 Å². The first kappa shape index (κ1) is 12.4. The molecule has 0 aromatic rings. The molecule has 0 saturated carbocycles. The number of hydrogen-bond donors (Lipinski definition) is 0. The molecule has 0 bridgehead atoms. The van der Waals surface area contributed by atoms with Crippen molar-refractivity contribution in [1.82, 2.24) is 0 Å². The van der Waals surface area contributed by atoms with Gasteiger partial charge in [-0.25, -0.2) is 0 Å². The maximum Gasteiger partial charge on any atom is 0.195 e. The number of hydrogen-bond acceptors (Lipinski definition) is 1. The van der Waals surface area contributed by atoms with E-state index in [9.17, 15) is 0 Å². The van der Waals surface area contributed by atoms with Crippen LogP contribution in [0.15, 0.2) is 72.1 Å². The van der Waals surface area contributed by atoms with Crippen LogP contribution in [0.5, 0.6) is 0 Å². The van der Waals surface area contributed by atoms with Crippen molar-refractivity contribution in [3.8, 4) is 0 Å². The molecule has 0 aromatic carbocycles. The molecule has 0 unspecified atom stereocenters. The summed E-state index contributed by atoms with van der Waals surface area (Å²) in [5.41, 5.74) is 1.95. The van der Waals surface area contributed by atoms with E-state index in [1.807, 2.05) is 57.6 Å². The van der Waals surface area contributed by atoms with Crippen molar-refractivity contribution in [3.05, 3.63) is 72.1 Å². The molecule has 0 atom stereocenters. The zero-order valence-electron chi connectivity index (χ0n) is 9.86. The Labute approximate surface area is 98.4 Å². The molecule has 2 heteroatoms. The molecule has 0 fully saturated rings. The van der Waals surface area contributed by atoms with Crippen molar-refractivity contribution in [2.75, 3.05) is 0 Å². The summed E-state index contributed by atoms with van der Waals surface area (Å²) in [5, 5.41) is 0. The van der Waals surface area contributed by atoms with Crippen LogP contribution in [0.25, 0.3) is 0 Å². The summed E-state index contributed by atoms with van der Waals surface area (Å²) in [5.74, 6) is 1.42. The molecule has 0 N–H and O–H groups in total. The van der Waals surface area contributed by atoms with Gasteiger partial charge in [-0.3, -0.25) is 0 Å². The van der Waals surface area contributed by atoms with Crippen LogP contribution in [0.3, 0.4) is 0 Å². The SMILES string of the molecule is C=C1[B]C(=C/C)/C(=C\C)OC(=C)/C=C\C=C1. The Morgan fingerprint density at radius 3 is 2.44 bits per heavy atom. The fourth-order valence-corrected chi connectivity index (χ4v) is 1.35. The largest absolute Gasteiger partial charge is 0.459 e. The molecule has 81 valence electrons. The van der Waals surface area contributed by atoms with Crippen molar-refractivity contribution >= 4 is 7.28 Å². The van der Waals surface area contributed by atoms with E-state index < -0.39 is 0 Å². The molecule has 0 saturated heterocycles. The average Bonchev–Trinajstić information content (AvgIpc) is 2.28. The second-order valence-electron chi connectivity index (χ2n) is 3.40. The molecule has 1 rings (SSSR count). The molecular formula is C14H16BO. The van der Waals surface area contributed by atoms with Crippen LogP contribution < -0.4 is 0 Å². The maximum atomic E-state index is 5.63. The third-order valence-corrected chi connectivity index (χ3v) is 2.14. The van der Waals surface area contributed by atoms with Gasteiger partial charge in [-0.2, -0.15) is 0 Å². The molecule has 1 aliphatic rings. The Morgan fingerprint density at radius 1 is 1.12 bits per heavy atom. The Bertz CT molecular complexity index is 368. The normalized spacial score (nSPS) is 24.1. The van der Waals surface area contributed by atoms with Crippen molar-refractivity contribution < 1.29 is 4.74 Å². The van der Waals surface area contributed by atoms with Gasteiger partial charge in [-0.1, -0.05) is 36.4 Å². The van der Waals surface area contributed by atoms with Gasteiger partial charge in [0.25, 0.3) is 0 Å². The van der Waals surface area contributed by atoms with Gasteiger partial charge in [0.2, 0.25) is 0 Å². The molecule has 16 heavy (non-hydrogen) atoms. The van der Waals surface area contributed by atoms with E-state index in [0.29, 0.717) is 5.76 Å². The molecule has 1 radical (unpaired) electrons. The first-order valence-corrected chi connectivity index (χ1v) is 5.25. The third-order valence-electron chi connectivity index (χ3n) is 2.14. The van der Waals surface area contributed by atoms with E-state index >= 15 is 0 Å². The van der Waals surface area contributed by atoms with Crippen LogP contribution in [0.4, 0.5) is 0 Å². The van der Waals surface area contributed by atoms with Gasteiger partial charge >= 0.3 is 0 Å².